The van der Waals surface area contributed by atoms with E-state index in [0.29, 0.717) is 35.1 Å². The monoisotopic (exact) mass is 406 g/mol. The van der Waals surface area contributed by atoms with Crippen LogP contribution in [0.1, 0.15) is 49.3 Å². The number of ketones is 1. The van der Waals surface area contributed by atoms with E-state index >= 15 is 0 Å². The number of carbonyl (C=O) groups excluding carboxylic acids is 1. The zero-order valence-electron chi connectivity index (χ0n) is 15.6. The number of rotatable bonds is 9. The molecule has 0 aliphatic carbocycles. The van der Waals surface area contributed by atoms with Crippen LogP contribution in [0.2, 0.25) is 10.0 Å². The summed E-state index contributed by atoms with van der Waals surface area (Å²) in [5, 5.41) is 10.9. The fourth-order valence-corrected chi connectivity index (χ4v) is 3.31. The molecule has 1 N–H and O–H groups in total. The molecule has 0 aliphatic rings. The van der Waals surface area contributed by atoms with Crippen molar-refractivity contribution in [2.45, 2.75) is 39.0 Å². The Morgan fingerprint density at radius 2 is 1.89 bits per heavy atom. The van der Waals surface area contributed by atoms with Crippen molar-refractivity contribution in [1.29, 1.82) is 0 Å². The van der Waals surface area contributed by atoms with Crippen LogP contribution in [0, 0.1) is 0 Å². The van der Waals surface area contributed by atoms with Crippen LogP contribution in [-0.4, -0.2) is 17.5 Å². The molecule has 0 saturated carbocycles. The molecule has 0 radical (unpaired) electrons. The normalized spacial score (nSPS) is 10.9. The molecule has 144 valence electrons. The minimum atomic E-state index is -0.0183. The molecule has 0 atom stereocenters. The Bertz CT molecular complexity index is 805. The number of halogens is 2. The number of benzene rings is 2. The smallest absolute Gasteiger partial charge is 0.170 e. The number of phenolic OH excluding ortho intramolecular Hbond substituents is 1. The second-order valence-corrected chi connectivity index (χ2v) is 7.56. The molecule has 2 aromatic rings. The van der Waals surface area contributed by atoms with E-state index in [2.05, 4.69) is 6.58 Å². The molecule has 0 bridgehead atoms. The van der Waals surface area contributed by atoms with Gasteiger partial charge < -0.3 is 9.84 Å². The first kappa shape index (κ1) is 21.3. The average Bonchev–Trinajstić information content (AvgIpc) is 2.62. The zero-order valence-corrected chi connectivity index (χ0v) is 17.1. The topological polar surface area (TPSA) is 46.5 Å². The highest BCUT2D eigenvalue weighted by molar-refractivity contribution is 6.36. The summed E-state index contributed by atoms with van der Waals surface area (Å²) in [7, 11) is 0. The molecule has 0 amide bonds. The predicted molar refractivity (Wildman–Crippen MR) is 111 cm³/mol. The first-order valence-electron chi connectivity index (χ1n) is 8.87. The zero-order chi connectivity index (χ0) is 20.0. The molecule has 0 saturated heterocycles. The van der Waals surface area contributed by atoms with E-state index in [1.807, 2.05) is 26.0 Å². The minimum absolute atomic E-state index is 0.00321. The SMILES string of the molecule is C=CCCC(=O)COc1cc(Cl)c(Cc2ccc(O)c(C(C)C)c2)c(Cl)c1. The van der Waals surface area contributed by atoms with Crippen molar-refractivity contribution in [2.75, 3.05) is 6.61 Å². The van der Waals surface area contributed by atoms with Crippen LogP contribution in [0.3, 0.4) is 0 Å². The van der Waals surface area contributed by atoms with Crippen LogP contribution in [0.15, 0.2) is 43.0 Å². The third-order valence-corrected chi connectivity index (χ3v) is 4.91. The van der Waals surface area contributed by atoms with Gasteiger partial charge in [-0.15, -0.1) is 6.58 Å². The minimum Gasteiger partial charge on any atom is -0.508 e. The number of allylic oxidation sites excluding steroid dienone is 1. The summed E-state index contributed by atoms with van der Waals surface area (Å²) < 4.78 is 5.51. The molecule has 0 fully saturated rings. The summed E-state index contributed by atoms with van der Waals surface area (Å²) in [5.41, 5.74) is 2.68. The third-order valence-electron chi connectivity index (χ3n) is 4.24. The maximum atomic E-state index is 11.7. The van der Waals surface area contributed by atoms with E-state index in [1.54, 1.807) is 24.3 Å². The van der Waals surface area contributed by atoms with E-state index in [4.69, 9.17) is 27.9 Å². The number of hydrogen-bond acceptors (Lipinski definition) is 3. The summed E-state index contributed by atoms with van der Waals surface area (Å²) in [6, 6.07) is 8.87. The quantitative estimate of drug-likeness (QED) is 0.494. The first-order valence-corrected chi connectivity index (χ1v) is 9.62. The Morgan fingerprint density at radius 1 is 1.22 bits per heavy atom. The van der Waals surface area contributed by atoms with Crippen LogP contribution < -0.4 is 4.74 Å². The van der Waals surface area contributed by atoms with Gasteiger partial charge in [0.05, 0.1) is 0 Å². The van der Waals surface area contributed by atoms with Crippen molar-refractivity contribution < 1.29 is 14.6 Å². The molecule has 27 heavy (non-hydrogen) atoms. The first-order chi connectivity index (χ1) is 12.8. The Labute approximate surface area is 170 Å². The Kier molecular flexibility index (Phi) is 7.76. The lowest BCUT2D eigenvalue weighted by Crippen LogP contribution is -2.10. The molecule has 2 rings (SSSR count). The Balaban J connectivity index is 2.14. The standard InChI is InChI=1S/C22H24Cl2O3/c1-4-5-6-16(25)13-27-17-11-20(23)19(21(24)12-17)10-15-7-8-22(26)18(9-15)14(2)3/h4,7-9,11-12,14,26H,1,5-6,10,13H2,2-3H3. The van der Waals surface area contributed by atoms with Crippen molar-refractivity contribution in [2.24, 2.45) is 0 Å². The molecule has 0 heterocycles. The summed E-state index contributed by atoms with van der Waals surface area (Å²) in [5.74, 6) is 0.965. The molecular formula is C22H24Cl2O3. The number of phenols is 1. The molecule has 0 aromatic heterocycles. The van der Waals surface area contributed by atoms with Crippen molar-refractivity contribution >= 4 is 29.0 Å². The van der Waals surface area contributed by atoms with Crippen LogP contribution >= 0.6 is 23.2 Å². The van der Waals surface area contributed by atoms with Gasteiger partial charge in [0.25, 0.3) is 0 Å². The van der Waals surface area contributed by atoms with Gasteiger partial charge in [0.15, 0.2) is 5.78 Å². The van der Waals surface area contributed by atoms with Gasteiger partial charge in [-0.3, -0.25) is 4.79 Å². The summed E-state index contributed by atoms with van der Waals surface area (Å²) in [4.78, 5) is 11.7. The van der Waals surface area contributed by atoms with Crippen molar-refractivity contribution in [1.82, 2.24) is 0 Å². The lowest BCUT2D eigenvalue weighted by Gasteiger charge is -2.14. The van der Waals surface area contributed by atoms with Gasteiger partial charge in [-0.1, -0.05) is 55.3 Å². The van der Waals surface area contributed by atoms with Gasteiger partial charge in [0.1, 0.15) is 18.1 Å². The van der Waals surface area contributed by atoms with Crippen molar-refractivity contribution in [3.63, 3.8) is 0 Å². The maximum absolute atomic E-state index is 11.7. The van der Waals surface area contributed by atoms with Crippen LogP contribution in [0.4, 0.5) is 0 Å². The molecule has 0 spiro atoms. The van der Waals surface area contributed by atoms with Gasteiger partial charge in [0, 0.05) is 22.9 Å². The fourth-order valence-electron chi connectivity index (χ4n) is 2.71. The second kappa shape index (κ2) is 9.82. The van der Waals surface area contributed by atoms with Gasteiger partial charge in [-0.2, -0.15) is 0 Å². The summed E-state index contributed by atoms with van der Waals surface area (Å²) in [6.45, 7) is 7.64. The van der Waals surface area contributed by atoms with Crippen LogP contribution in [0.25, 0.3) is 0 Å². The largest absolute Gasteiger partial charge is 0.508 e. The molecule has 3 nitrogen and oxygen atoms in total. The van der Waals surface area contributed by atoms with Gasteiger partial charge in [-0.25, -0.2) is 0 Å². The number of ether oxygens (including phenoxy) is 1. The average molecular weight is 407 g/mol. The predicted octanol–water partition coefficient (Wildman–Crippen LogP) is 6.33. The molecular weight excluding hydrogens is 383 g/mol. The lowest BCUT2D eigenvalue weighted by molar-refractivity contribution is -0.120. The highest BCUT2D eigenvalue weighted by Crippen LogP contribution is 2.34. The van der Waals surface area contributed by atoms with Gasteiger partial charge in [-0.05, 0) is 47.2 Å². The maximum Gasteiger partial charge on any atom is 0.170 e. The van der Waals surface area contributed by atoms with Crippen molar-refractivity contribution in [3.05, 3.63) is 69.7 Å². The highest BCUT2D eigenvalue weighted by atomic mass is 35.5. The fraction of sp³-hybridized carbons (Fsp3) is 0.318. The molecule has 5 heteroatoms. The number of aromatic hydroxyl groups is 1. The van der Waals surface area contributed by atoms with Gasteiger partial charge >= 0.3 is 0 Å². The van der Waals surface area contributed by atoms with E-state index in [0.717, 1.165) is 16.7 Å². The summed E-state index contributed by atoms with van der Waals surface area (Å²) >= 11 is 12.8. The van der Waals surface area contributed by atoms with Crippen LogP contribution in [-0.2, 0) is 11.2 Å². The second-order valence-electron chi connectivity index (χ2n) is 6.74. The molecule has 0 unspecified atom stereocenters. The van der Waals surface area contributed by atoms with Crippen molar-refractivity contribution in [3.8, 4) is 11.5 Å². The van der Waals surface area contributed by atoms with E-state index < -0.39 is 0 Å². The Morgan fingerprint density at radius 3 is 2.48 bits per heavy atom. The molecule has 0 aliphatic heterocycles. The number of carbonyl (C=O) groups is 1. The van der Waals surface area contributed by atoms with Gasteiger partial charge in [0.2, 0.25) is 0 Å². The number of hydrogen-bond donors (Lipinski definition) is 1. The Hall–Kier alpha value is -1.97. The molecule has 2 aromatic carbocycles. The number of Topliss-reactive ketones (excluding diaryl/α,β-unsaturated/α-hetero) is 1. The van der Waals surface area contributed by atoms with Crippen LogP contribution in [0.5, 0.6) is 11.5 Å². The summed E-state index contributed by atoms with van der Waals surface area (Å²) in [6.07, 6.45) is 3.28. The lowest BCUT2D eigenvalue weighted by atomic mass is 9.96. The van der Waals surface area contributed by atoms with E-state index in [-0.39, 0.29) is 24.1 Å². The van der Waals surface area contributed by atoms with E-state index in [1.165, 1.54) is 0 Å². The van der Waals surface area contributed by atoms with E-state index in [9.17, 15) is 9.90 Å². The third kappa shape index (κ3) is 6.02. The highest BCUT2D eigenvalue weighted by Gasteiger charge is 2.13.